The van der Waals surface area contributed by atoms with E-state index in [2.05, 4.69) is 10.6 Å². The van der Waals surface area contributed by atoms with Crippen molar-refractivity contribution < 1.29 is 4.79 Å². The molecule has 20 heavy (non-hydrogen) atoms. The third-order valence-corrected chi connectivity index (χ3v) is 6.33. The van der Waals surface area contributed by atoms with E-state index in [1.807, 2.05) is 0 Å². The fourth-order valence-electron chi connectivity index (χ4n) is 5.93. The highest BCUT2D eigenvalue weighted by Crippen LogP contribution is 2.55. The molecule has 3 heteroatoms. The lowest BCUT2D eigenvalue weighted by Gasteiger charge is -2.57. The monoisotopic (exact) mass is 276 g/mol. The minimum absolute atomic E-state index is 0.203. The Labute approximate surface area is 122 Å². The van der Waals surface area contributed by atoms with Gasteiger partial charge in [-0.15, -0.1) is 0 Å². The average molecular weight is 276 g/mol. The molecule has 0 aromatic heterocycles. The Hall–Kier alpha value is -0.570. The maximum Gasteiger partial charge on any atom is 0.220 e. The Morgan fingerprint density at radius 1 is 1.10 bits per heavy atom. The highest BCUT2D eigenvalue weighted by Gasteiger charge is 2.51. The molecule has 4 aliphatic carbocycles. The van der Waals surface area contributed by atoms with Gasteiger partial charge in [0.1, 0.15) is 0 Å². The first kappa shape index (κ1) is 13.1. The standard InChI is InChI=1S/C17H28N2O/c20-16(4-3-15-2-1-5-18-15)19-17-9-12-6-13(10-17)8-14(7-12)11-17/h12-15,18H,1-11H2,(H,19,20). The molecule has 4 saturated carbocycles. The second-order valence-electron chi connectivity index (χ2n) is 8.08. The van der Waals surface area contributed by atoms with Gasteiger partial charge in [-0.1, -0.05) is 0 Å². The number of nitrogens with one attached hydrogen (secondary N) is 2. The van der Waals surface area contributed by atoms with Crippen LogP contribution in [-0.2, 0) is 4.79 Å². The third kappa shape index (κ3) is 2.49. The number of rotatable bonds is 4. The number of carbonyl (C=O) groups is 1. The first-order valence-electron chi connectivity index (χ1n) is 8.75. The minimum atomic E-state index is 0.203. The lowest BCUT2D eigenvalue weighted by atomic mass is 9.53. The van der Waals surface area contributed by atoms with Crippen molar-refractivity contribution in [2.75, 3.05) is 6.54 Å². The van der Waals surface area contributed by atoms with Crippen LogP contribution in [0.25, 0.3) is 0 Å². The maximum absolute atomic E-state index is 12.3. The van der Waals surface area contributed by atoms with Crippen LogP contribution in [0.1, 0.15) is 64.2 Å². The summed E-state index contributed by atoms with van der Waals surface area (Å²) in [7, 11) is 0. The van der Waals surface area contributed by atoms with Gasteiger partial charge in [0, 0.05) is 18.0 Å². The predicted octanol–water partition coefficient (Wildman–Crippen LogP) is 2.60. The Morgan fingerprint density at radius 3 is 2.30 bits per heavy atom. The third-order valence-electron chi connectivity index (χ3n) is 6.33. The lowest BCUT2D eigenvalue weighted by molar-refractivity contribution is -0.127. The van der Waals surface area contributed by atoms with Gasteiger partial charge in [-0.3, -0.25) is 4.79 Å². The van der Waals surface area contributed by atoms with Gasteiger partial charge >= 0.3 is 0 Å². The summed E-state index contributed by atoms with van der Waals surface area (Å²) in [4.78, 5) is 12.3. The summed E-state index contributed by atoms with van der Waals surface area (Å²) >= 11 is 0. The first-order chi connectivity index (χ1) is 9.71. The minimum Gasteiger partial charge on any atom is -0.351 e. The van der Waals surface area contributed by atoms with E-state index in [-0.39, 0.29) is 5.54 Å². The van der Waals surface area contributed by atoms with Gasteiger partial charge in [0.2, 0.25) is 5.91 Å². The van der Waals surface area contributed by atoms with Crippen LogP contribution in [0.2, 0.25) is 0 Å². The molecular formula is C17H28N2O. The molecule has 1 heterocycles. The van der Waals surface area contributed by atoms with E-state index in [0.717, 1.165) is 37.1 Å². The molecule has 0 aromatic carbocycles. The SMILES string of the molecule is O=C(CCC1CCCN1)NC12CC3CC(CC(C3)C1)C2. The molecule has 1 saturated heterocycles. The molecule has 0 spiro atoms. The van der Waals surface area contributed by atoms with E-state index in [1.54, 1.807) is 0 Å². The molecule has 1 unspecified atom stereocenters. The van der Waals surface area contributed by atoms with Crippen LogP contribution in [0.5, 0.6) is 0 Å². The van der Waals surface area contributed by atoms with Gasteiger partial charge in [0.05, 0.1) is 0 Å². The molecule has 1 amide bonds. The molecule has 5 aliphatic rings. The molecule has 112 valence electrons. The normalized spacial score (nSPS) is 45.8. The van der Waals surface area contributed by atoms with E-state index < -0.39 is 0 Å². The van der Waals surface area contributed by atoms with E-state index >= 15 is 0 Å². The van der Waals surface area contributed by atoms with Crippen LogP contribution >= 0.6 is 0 Å². The largest absolute Gasteiger partial charge is 0.351 e. The van der Waals surface area contributed by atoms with Crippen LogP contribution in [-0.4, -0.2) is 24.0 Å². The summed E-state index contributed by atoms with van der Waals surface area (Å²) in [6.45, 7) is 1.14. The highest BCUT2D eigenvalue weighted by molar-refractivity contribution is 5.77. The molecule has 1 atom stereocenters. The van der Waals surface area contributed by atoms with Crippen LogP contribution in [0, 0.1) is 17.8 Å². The molecule has 0 radical (unpaired) electrons. The van der Waals surface area contributed by atoms with Crippen molar-refractivity contribution in [3.63, 3.8) is 0 Å². The van der Waals surface area contributed by atoms with Crippen molar-refractivity contribution in [1.29, 1.82) is 0 Å². The highest BCUT2D eigenvalue weighted by atomic mass is 16.1. The summed E-state index contributed by atoms with van der Waals surface area (Å²) in [5, 5.41) is 6.97. The van der Waals surface area contributed by atoms with Gasteiger partial charge in [-0.2, -0.15) is 0 Å². The number of hydrogen-bond donors (Lipinski definition) is 2. The number of amides is 1. The van der Waals surface area contributed by atoms with Crippen molar-refractivity contribution in [1.82, 2.24) is 10.6 Å². The smallest absolute Gasteiger partial charge is 0.220 e. The summed E-state index contributed by atoms with van der Waals surface area (Å²) in [5.74, 6) is 3.06. The van der Waals surface area contributed by atoms with Crippen molar-refractivity contribution >= 4 is 5.91 Å². The zero-order chi connectivity index (χ0) is 13.6. The molecule has 1 aliphatic heterocycles. The van der Waals surface area contributed by atoms with Gasteiger partial charge < -0.3 is 10.6 Å². The number of carbonyl (C=O) groups excluding carboxylic acids is 1. The van der Waals surface area contributed by atoms with Gasteiger partial charge in [-0.05, 0) is 82.1 Å². The maximum atomic E-state index is 12.3. The fourth-order valence-corrected chi connectivity index (χ4v) is 5.93. The van der Waals surface area contributed by atoms with E-state index in [9.17, 15) is 4.79 Å². The first-order valence-corrected chi connectivity index (χ1v) is 8.75. The quantitative estimate of drug-likeness (QED) is 0.828. The summed E-state index contributed by atoms with van der Waals surface area (Å²) in [6.07, 6.45) is 12.4. The van der Waals surface area contributed by atoms with Gasteiger partial charge in [-0.25, -0.2) is 0 Å². The van der Waals surface area contributed by atoms with Gasteiger partial charge in [0.25, 0.3) is 0 Å². The van der Waals surface area contributed by atoms with Crippen LogP contribution < -0.4 is 10.6 Å². The molecule has 4 bridgehead atoms. The Kier molecular flexibility index (Phi) is 3.29. The second-order valence-corrected chi connectivity index (χ2v) is 8.08. The van der Waals surface area contributed by atoms with E-state index in [0.29, 0.717) is 11.9 Å². The average Bonchev–Trinajstić information content (AvgIpc) is 2.87. The zero-order valence-electron chi connectivity index (χ0n) is 12.5. The van der Waals surface area contributed by atoms with Crippen molar-refractivity contribution in [2.45, 2.75) is 75.8 Å². The van der Waals surface area contributed by atoms with E-state index in [4.69, 9.17) is 0 Å². The molecule has 0 aromatic rings. The number of hydrogen-bond acceptors (Lipinski definition) is 2. The molecule has 5 fully saturated rings. The molecule has 2 N–H and O–H groups in total. The summed E-state index contributed by atoms with van der Waals surface area (Å²) in [6, 6.07) is 0.595. The molecular weight excluding hydrogens is 248 g/mol. The lowest BCUT2D eigenvalue weighted by Crippen LogP contribution is -2.59. The Balaban J connectivity index is 1.32. The van der Waals surface area contributed by atoms with E-state index in [1.165, 1.54) is 51.4 Å². The molecule has 5 rings (SSSR count). The van der Waals surface area contributed by atoms with Crippen LogP contribution in [0.3, 0.4) is 0 Å². The fraction of sp³-hybridized carbons (Fsp3) is 0.941. The Morgan fingerprint density at radius 2 is 1.75 bits per heavy atom. The van der Waals surface area contributed by atoms with Crippen molar-refractivity contribution in [3.8, 4) is 0 Å². The predicted molar refractivity (Wildman–Crippen MR) is 79.3 cm³/mol. The van der Waals surface area contributed by atoms with Gasteiger partial charge in [0.15, 0.2) is 0 Å². The zero-order valence-corrected chi connectivity index (χ0v) is 12.5. The summed E-state index contributed by atoms with van der Waals surface area (Å²) < 4.78 is 0. The Bertz CT molecular complexity index is 351. The summed E-state index contributed by atoms with van der Waals surface area (Å²) in [5.41, 5.74) is 0.203. The van der Waals surface area contributed by atoms with Crippen LogP contribution in [0.15, 0.2) is 0 Å². The van der Waals surface area contributed by atoms with Crippen molar-refractivity contribution in [2.24, 2.45) is 17.8 Å². The second kappa shape index (κ2) is 5.01. The van der Waals surface area contributed by atoms with Crippen LogP contribution in [0.4, 0.5) is 0 Å². The van der Waals surface area contributed by atoms with Crippen molar-refractivity contribution in [3.05, 3.63) is 0 Å². The topological polar surface area (TPSA) is 41.1 Å². The molecule has 3 nitrogen and oxygen atoms in total.